The second kappa shape index (κ2) is 5.00. The van der Waals surface area contributed by atoms with Crippen LogP contribution in [-0.2, 0) is 11.2 Å². The Kier molecular flexibility index (Phi) is 3.41. The van der Waals surface area contributed by atoms with Crippen molar-refractivity contribution < 1.29 is 14.4 Å². The molecular weight excluding hydrogens is 232 g/mol. The number of rotatable bonds is 4. The number of carboxylic acids is 1. The standard InChI is InChI=1S/C13H14N2O3/c1-8-5-9(2)7-10(6-8)13-14-11(18-15-13)3-4-12(16)17/h5-7H,3-4H2,1-2H3,(H,16,17). The van der Waals surface area contributed by atoms with Crippen LogP contribution in [0.1, 0.15) is 23.4 Å². The van der Waals surface area contributed by atoms with Gasteiger partial charge in [0.25, 0.3) is 0 Å². The zero-order valence-corrected chi connectivity index (χ0v) is 10.3. The molecule has 0 saturated carbocycles. The third-order valence-corrected chi connectivity index (χ3v) is 2.50. The van der Waals surface area contributed by atoms with E-state index in [0.717, 1.165) is 16.7 Å². The Morgan fingerprint density at radius 3 is 2.56 bits per heavy atom. The first-order chi connectivity index (χ1) is 8.54. The van der Waals surface area contributed by atoms with Crippen molar-refractivity contribution in [3.63, 3.8) is 0 Å². The van der Waals surface area contributed by atoms with E-state index in [1.54, 1.807) is 0 Å². The van der Waals surface area contributed by atoms with E-state index >= 15 is 0 Å². The maximum atomic E-state index is 10.4. The van der Waals surface area contributed by atoms with Gasteiger partial charge in [-0.3, -0.25) is 4.79 Å². The van der Waals surface area contributed by atoms with Gasteiger partial charge in [0.15, 0.2) is 0 Å². The minimum atomic E-state index is -0.874. The van der Waals surface area contributed by atoms with E-state index in [9.17, 15) is 4.79 Å². The van der Waals surface area contributed by atoms with Gasteiger partial charge in [0.2, 0.25) is 11.7 Å². The lowest BCUT2D eigenvalue weighted by Crippen LogP contribution is -1.97. The molecule has 0 amide bonds. The number of aromatic nitrogens is 2. The van der Waals surface area contributed by atoms with Gasteiger partial charge in [0, 0.05) is 12.0 Å². The highest BCUT2D eigenvalue weighted by atomic mass is 16.5. The molecule has 0 aliphatic heterocycles. The number of aryl methyl sites for hydroxylation is 3. The molecule has 0 saturated heterocycles. The van der Waals surface area contributed by atoms with Gasteiger partial charge in [0.05, 0.1) is 6.42 Å². The maximum Gasteiger partial charge on any atom is 0.303 e. The van der Waals surface area contributed by atoms with E-state index in [1.807, 2.05) is 26.0 Å². The number of benzene rings is 1. The normalized spacial score (nSPS) is 10.6. The van der Waals surface area contributed by atoms with Crippen molar-refractivity contribution in [3.05, 3.63) is 35.2 Å². The van der Waals surface area contributed by atoms with E-state index in [1.165, 1.54) is 0 Å². The Labute approximate surface area is 104 Å². The molecule has 5 nitrogen and oxygen atoms in total. The van der Waals surface area contributed by atoms with Gasteiger partial charge >= 0.3 is 5.97 Å². The molecule has 2 rings (SSSR count). The van der Waals surface area contributed by atoms with Crippen molar-refractivity contribution in [2.45, 2.75) is 26.7 Å². The predicted molar refractivity (Wildman–Crippen MR) is 65.2 cm³/mol. The van der Waals surface area contributed by atoms with Gasteiger partial charge in [-0.2, -0.15) is 4.98 Å². The van der Waals surface area contributed by atoms with Crippen LogP contribution in [0.4, 0.5) is 0 Å². The summed E-state index contributed by atoms with van der Waals surface area (Å²) in [6.45, 7) is 4.00. The SMILES string of the molecule is Cc1cc(C)cc(-c2noc(CCC(=O)O)n2)c1. The summed E-state index contributed by atoms with van der Waals surface area (Å²) in [6, 6.07) is 6.01. The molecule has 0 bridgehead atoms. The van der Waals surface area contributed by atoms with Gasteiger partial charge in [-0.1, -0.05) is 22.3 Å². The molecule has 0 radical (unpaired) electrons. The number of carbonyl (C=O) groups is 1. The van der Waals surface area contributed by atoms with Crippen molar-refractivity contribution in [1.29, 1.82) is 0 Å². The third kappa shape index (κ3) is 2.94. The first-order valence-corrected chi connectivity index (χ1v) is 5.67. The lowest BCUT2D eigenvalue weighted by Gasteiger charge is -1.99. The Bertz CT molecular complexity index is 555. The summed E-state index contributed by atoms with van der Waals surface area (Å²) in [5.41, 5.74) is 3.14. The molecule has 0 unspecified atom stereocenters. The molecule has 0 fully saturated rings. The van der Waals surface area contributed by atoms with Crippen molar-refractivity contribution in [2.24, 2.45) is 0 Å². The quantitative estimate of drug-likeness (QED) is 0.896. The topological polar surface area (TPSA) is 76.2 Å². The van der Waals surface area contributed by atoms with Crippen LogP contribution in [0.2, 0.25) is 0 Å². The van der Waals surface area contributed by atoms with E-state index in [0.29, 0.717) is 11.7 Å². The second-order valence-corrected chi connectivity index (χ2v) is 4.28. The van der Waals surface area contributed by atoms with E-state index in [-0.39, 0.29) is 12.8 Å². The van der Waals surface area contributed by atoms with Crippen molar-refractivity contribution in [2.75, 3.05) is 0 Å². The molecule has 1 heterocycles. The molecular formula is C13H14N2O3. The molecule has 5 heteroatoms. The molecule has 1 N–H and O–H groups in total. The van der Waals surface area contributed by atoms with E-state index in [4.69, 9.17) is 9.63 Å². The van der Waals surface area contributed by atoms with Crippen LogP contribution in [0.25, 0.3) is 11.4 Å². The lowest BCUT2D eigenvalue weighted by molar-refractivity contribution is -0.137. The summed E-state index contributed by atoms with van der Waals surface area (Å²) in [5.74, 6) is -0.0186. The Hall–Kier alpha value is -2.17. The zero-order chi connectivity index (χ0) is 13.1. The number of hydrogen-bond donors (Lipinski definition) is 1. The van der Waals surface area contributed by atoms with Crippen LogP contribution >= 0.6 is 0 Å². The minimum absolute atomic E-state index is 0.00548. The Morgan fingerprint density at radius 1 is 1.28 bits per heavy atom. The smallest absolute Gasteiger partial charge is 0.303 e. The fourth-order valence-corrected chi connectivity index (χ4v) is 1.79. The summed E-state index contributed by atoms with van der Waals surface area (Å²) in [5, 5.41) is 12.4. The fourth-order valence-electron chi connectivity index (χ4n) is 1.79. The molecule has 0 spiro atoms. The first-order valence-electron chi connectivity index (χ1n) is 5.67. The Morgan fingerprint density at radius 2 is 1.94 bits per heavy atom. The molecule has 18 heavy (non-hydrogen) atoms. The lowest BCUT2D eigenvalue weighted by atomic mass is 10.1. The monoisotopic (exact) mass is 246 g/mol. The van der Waals surface area contributed by atoms with Crippen LogP contribution in [0.5, 0.6) is 0 Å². The number of hydrogen-bond acceptors (Lipinski definition) is 4. The average molecular weight is 246 g/mol. The summed E-state index contributed by atoms with van der Waals surface area (Å²) in [6.07, 6.45) is 0.252. The van der Waals surface area contributed by atoms with Gasteiger partial charge in [-0.05, 0) is 26.0 Å². The first kappa shape index (κ1) is 12.3. The fraction of sp³-hybridized carbons (Fsp3) is 0.308. The highest BCUT2D eigenvalue weighted by Gasteiger charge is 2.10. The summed E-state index contributed by atoms with van der Waals surface area (Å²) in [7, 11) is 0. The molecule has 0 aliphatic rings. The Balaban J connectivity index is 2.21. The number of nitrogens with zero attached hydrogens (tertiary/aromatic N) is 2. The van der Waals surface area contributed by atoms with Gasteiger partial charge in [-0.25, -0.2) is 0 Å². The number of aliphatic carboxylic acids is 1. The maximum absolute atomic E-state index is 10.4. The summed E-state index contributed by atoms with van der Waals surface area (Å²) in [4.78, 5) is 14.6. The molecule has 94 valence electrons. The van der Waals surface area contributed by atoms with E-state index < -0.39 is 5.97 Å². The van der Waals surface area contributed by atoms with E-state index in [2.05, 4.69) is 16.2 Å². The van der Waals surface area contributed by atoms with Crippen LogP contribution in [0.3, 0.4) is 0 Å². The van der Waals surface area contributed by atoms with Crippen molar-refractivity contribution in [1.82, 2.24) is 10.1 Å². The average Bonchev–Trinajstić information content (AvgIpc) is 2.73. The van der Waals surface area contributed by atoms with Crippen LogP contribution in [-0.4, -0.2) is 21.2 Å². The number of carboxylic acid groups (broad SMARTS) is 1. The molecule has 0 aliphatic carbocycles. The zero-order valence-electron chi connectivity index (χ0n) is 10.3. The third-order valence-electron chi connectivity index (χ3n) is 2.50. The minimum Gasteiger partial charge on any atom is -0.481 e. The predicted octanol–water partition coefficient (Wildman–Crippen LogP) is 2.37. The highest BCUT2D eigenvalue weighted by Crippen LogP contribution is 2.19. The van der Waals surface area contributed by atoms with Crippen LogP contribution in [0.15, 0.2) is 22.7 Å². The summed E-state index contributed by atoms with van der Waals surface area (Å²) >= 11 is 0. The molecule has 1 aromatic heterocycles. The largest absolute Gasteiger partial charge is 0.481 e. The van der Waals surface area contributed by atoms with Crippen LogP contribution in [0, 0.1) is 13.8 Å². The molecule has 0 atom stereocenters. The van der Waals surface area contributed by atoms with Crippen LogP contribution < -0.4 is 0 Å². The van der Waals surface area contributed by atoms with Gasteiger partial charge in [-0.15, -0.1) is 0 Å². The van der Waals surface area contributed by atoms with Gasteiger partial charge < -0.3 is 9.63 Å². The van der Waals surface area contributed by atoms with Crippen molar-refractivity contribution in [3.8, 4) is 11.4 Å². The van der Waals surface area contributed by atoms with Gasteiger partial charge in [0.1, 0.15) is 0 Å². The summed E-state index contributed by atoms with van der Waals surface area (Å²) < 4.78 is 5.02. The molecule has 1 aromatic carbocycles. The highest BCUT2D eigenvalue weighted by molar-refractivity contribution is 5.66. The molecule has 2 aromatic rings. The van der Waals surface area contributed by atoms with Crippen molar-refractivity contribution >= 4 is 5.97 Å². The second-order valence-electron chi connectivity index (χ2n) is 4.28.